The Bertz CT molecular complexity index is 513. The van der Waals surface area contributed by atoms with E-state index in [-0.39, 0.29) is 24.8 Å². The van der Waals surface area contributed by atoms with E-state index >= 15 is 0 Å². The first kappa shape index (κ1) is 13.4. The van der Waals surface area contributed by atoms with Gasteiger partial charge >= 0.3 is 0 Å². The average molecular weight is 269 g/mol. The van der Waals surface area contributed by atoms with Crippen LogP contribution < -0.4 is 4.31 Å². The first-order valence-electron chi connectivity index (χ1n) is 6.27. The molecule has 1 N–H and O–H groups in total. The monoisotopic (exact) mass is 269 g/mol. The number of hydrogen-bond donors (Lipinski definition) is 1. The Hall–Kier alpha value is -1.07. The van der Waals surface area contributed by atoms with Crippen LogP contribution in [-0.4, -0.2) is 31.9 Å². The van der Waals surface area contributed by atoms with E-state index in [9.17, 15) is 8.42 Å². The van der Waals surface area contributed by atoms with Crippen LogP contribution in [0.2, 0.25) is 0 Å². The summed E-state index contributed by atoms with van der Waals surface area (Å²) in [6.07, 6.45) is 2.05. The predicted octanol–water partition coefficient (Wildman–Crippen LogP) is 1.54. The zero-order chi connectivity index (χ0) is 13.2. The summed E-state index contributed by atoms with van der Waals surface area (Å²) in [5.41, 5.74) is 1.89. The van der Waals surface area contributed by atoms with Gasteiger partial charge in [0.25, 0.3) is 0 Å². The molecule has 1 heterocycles. The molecule has 0 aliphatic carbocycles. The lowest BCUT2D eigenvalue weighted by Gasteiger charge is -2.36. The highest BCUT2D eigenvalue weighted by Gasteiger charge is 2.31. The van der Waals surface area contributed by atoms with Crippen molar-refractivity contribution in [3.05, 3.63) is 29.8 Å². The highest BCUT2D eigenvalue weighted by atomic mass is 32.2. The number of aliphatic hydroxyl groups excluding tert-OH is 1. The topological polar surface area (TPSA) is 57.6 Å². The van der Waals surface area contributed by atoms with Crippen molar-refractivity contribution in [2.45, 2.75) is 32.2 Å². The lowest BCUT2D eigenvalue weighted by molar-refractivity contribution is 0.295. The number of nitrogens with zero attached hydrogens (tertiary/aromatic N) is 1. The van der Waals surface area contributed by atoms with Gasteiger partial charge in [-0.2, -0.15) is 0 Å². The molecule has 1 aromatic rings. The molecule has 0 radical (unpaired) electrons. The molecular formula is C13H19NO3S. The number of anilines is 1. The molecule has 1 aromatic carbocycles. The summed E-state index contributed by atoms with van der Waals surface area (Å²) in [5.74, 6) is 0.00216. The van der Waals surface area contributed by atoms with Gasteiger partial charge in [0.1, 0.15) is 0 Å². The first-order valence-corrected chi connectivity index (χ1v) is 7.88. The van der Waals surface area contributed by atoms with Crippen molar-refractivity contribution in [2.75, 3.05) is 16.7 Å². The maximum atomic E-state index is 12.3. The average Bonchev–Trinajstić information content (AvgIpc) is 2.36. The van der Waals surface area contributed by atoms with Crippen molar-refractivity contribution in [1.29, 1.82) is 0 Å². The van der Waals surface area contributed by atoms with Gasteiger partial charge in [0.05, 0.1) is 11.4 Å². The van der Waals surface area contributed by atoms with Crippen LogP contribution in [0.5, 0.6) is 0 Å². The molecule has 1 aliphatic rings. The van der Waals surface area contributed by atoms with E-state index in [1.807, 2.05) is 31.2 Å². The van der Waals surface area contributed by atoms with Crippen molar-refractivity contribution in [1.82, 2.24) is 0 Å². The molecule has 0 bridgehead atoms. The zero-order valence-corrected chi connectivity index (χ0v) is 11.4. The smallest absolute Gasteiger partial charge is 0.235 e. The third-order valence-electron chi connectivity index (χ3n) is 3.32. The number of rotatable bonds is 4. The van der Waals surface area contributed by atoms with Crippen LogP contribution in [0.3, 0.4) is 0 Å². The van der Waals surface area contributed by atoms with Crippen molar-refractivity contribution < 1.29 is 13.5 Å². The summed E-state index contributed by atoms with van der Waals surface area (Å²) in [4.78, 5) is 0. The van der Waals surface area contributed by atoms with Crippen LogP contribution in [0.4, 0.5) is 5.69 Å². The molecule has 0 aromatic heterocycles. The normalized spacial score (nSPS) is 19.7. The van der Waals surface area contributed by atoms with E-state index in [1.54, 1.807) is 0 Å². The number of sulfonamides is 1. The molecule has 18 heavy (non-hydrogen) atoms. The van der Waals surface area contributed by atoms with E-state index in [1.165, 1.54) is 4.31 Å². The molecule has 0 saturated heterocycles. The molecule has 0 amide bonds. The zero-order valence-electron chi connectivity index (χ0n) is 10.5. The fraction of sp³-hybridized carbons (Fsp3) is 0.538. The third kappa shape index (κ3) is 2.52. The van der Waals surface area contributed by atoms with E-state index in [0.717, 1.165) is 24.1 Å². The molecule has 1 atom stereocenters. The molecule has 0 saturated carbocycles. The van der Waals surface area contributed by atoms with E-state index in [2.05, 4.69) is 0 Å². The Morgan fingerprint density at radius 3 is 2.83 bits per heavy atom. The lowest BCUT2D eigenvalue weighted by atomic mass is 9.99. The Balaban J connectivity index is 2.37. The number of hydrogen-bond acceptors (Lipinski definition) is 3. The van der Waals surface area contributed by atoms with Crippen LogP contribution in [0.15, 0.2) is 24.3 Å². The molecular weight excluding hydrogens is 250 g/mol. The lowest BCUT2D eigenvalue weighted by Crippen LogP contribution is -2.43. The van der Waals surface area contributed by atoms with Crippen LogP contribution >= 0.6 is 0 Å². The molecule has 1 aliphatic heterocycles. The van der Waals surface area contributed by atoms with E-state index in [4.69, 9.17) is 5.11 Å². The largest absolute Gasteiger partial charge is 0.396 e. The second-order valence-electron chi connectivity index (χ2n) is 4.71. The Morgan fingerprint density at radius 2 is 2.11 bits per heavy atom. The first-order chi connectivity index (χ1) is 8.56. The fourth-order valence-electron chi connectivity index (χ4n) is 2.43. The van der Waals surface area contributed by atoms with Gasteiger partial charge in [0.2, 0.25) is 10.0 Å². The summed E-state index contributed by atoms with van der Waals surface area (Å²) in [6, 6.07) is 7.64. The summed E-state index contributed by atoms with van der Waals surface area (Å²) < 4.78 is 26.2. The third-order valence-corrected chi connectivity index (χ3v) is 5.28. The van der Waals surface area contributed by atoms with Gasteiger partial charge in [0.15, 0.2) is 0 Å². The van der Waals surface area contributed by atoms with Crippen LogP contribution in [-0.2, 0) is 16.4 Å². The molecule has 0 fully saturated rings. The van der Waals surface area contributed by atoms with Gasteiger partial charge in [0, 0.05) is 12.6 Å². The highest BCUT2D eigenvalue weighted by molar-refractivity contribution is 7.92. The molecule has 2 rings (SSSR count). The summed E-state index contributed by atoms with van der Waals surface area (Å²) >= 11 is 0. The van der Waals surface area contributed by atoms with E-state index < -0.39 is 10.0 Å². The summed E-state index contributed by atoms with van der Waals surface area (Å²) in [5, 5.41) is 8.81. The van der Waals surface area contributed by atoms with Gasteiger partial charge in [-0.1, -0.05) is 18.2 Å². The van der Waals surface area contributed by atoms with Gasteiger partial charge in [-0.3, -0.25) is 4.31 Å². The minimum absolute atomic E-state index is 0.00216. The fourth-order valence-corrected chi connectivity index (χ4v) is 4.25. The standard InChI is InChI=1S/C13H19NO3S/c1-11-7-8-12-5-2-3-6-13(12)14(11)18(16,17)10-4-9-15/h2-3,5-6,11,15H,4,7-10H2,1H3. The summed E-state index contributed by atoms with van der Waals surface area (Å²) in [6.45, 7) is 1.84. The SMILES string of the molecule is CC1CCc2ccccc2N1S(=O)(=O)CCCO. The second kappa shape index (κ2) is 5.28. The Kier molecular flexibility index (Phi) is 3.92. The number of aryl methyl sites for hydroxylation is 1. The minimum atomic E-state index is -3.33. The number of fused-ring (bicyclic) bond motifs is 1. The van der Waals surface area contributed by atoms with Crippen molar-refractivity contribution >= 4 is 15.7 Å². The van der Waals surface area contributed by atoms with Crippen LogP contribution in [0.1, 0.15) is 25.3 Å². The highest BCUT2D eigenvalue weighted by Crippen LogP contribution is 2.32. The molecule has 4 nitrogen and oxygen atoms in total. The van der Waals surface area contributed by atoms with Gasteiger partial charge in [-0.15, -0.1) is 0 Å². The maximum Gasteiger partial charge on any atom is 0.235 e. The minimum Gasteiger partial charge on any atom is -0.396 e. The number of benzene rings is 1. The quantitative estimate of drug-likeness (QED) is 0.902. The Morgan fingerprint density at radius 1 is 1.39 bits per heavy atom. The van der Waals surface area contributed by atoms with Crippen LogP contribution in [0.25, 0.3) is 0 Å². The van der Waals surface area contributed by atoms with Crippen LogP contribution in [0, 0.1) is 0 Å². The predicted molar refractivity (Wildman–Crippen MR) is 72.2 cm³/mol. The summed E-state index contributed by atoms with van der Waals surface area (Å²) in [7, 11) is -3.33. The Labute approximate surface area is 108 Å². The van der Waals surface area contributed by atoms with Gasteiger partial charge < -0.3 is 5.11 Å². The second-order valence-corrected chi connectivity index (χ2v) is 6.67. The van der Waals surface area contributed by atoms with Crippen molar-refractivity contribution in [2.24, 2.45) is 0 Å². The number of aliphatic hydroxyl groups is 1. The van der Waals surface area contributed by atoms with Crippen molar-refractivity contribution in [3.63, 3.8) is 0 Å². The molecule has 100 valence electrons. The maximum absolute atomic E-state index is 12.3. The molecule has 1 unspecified atom stereocenters. The molecule has 5 heteroatoms. The van der Waals surface area contributed by atoms with Crippen molar-refractivity contribution in [3.8, 4) is 0 Å². The number of para-hydroxylation sites is 1. The van der Waals surface area contributed by atoms with Gasteiger partial charge in [-0.05, 0) is 37.8 Å². The van der Waals surface area contributed by atoms with Gasteiger partial charge in [-0.25, -0.2) is 8.42 Å². The van der Waals surface area contributed by atoms with E-state index in [0.29, 0.717) is 0 Å². The molecule has 0 spiro atoms.